The van der Waals surface area contributed by atoms with Gasteiger partial charge in [-0.25, -0.2) is 0 Å². The molecule has 94 valence electrons. The van der Waals surface area contributed by atoms with Crippen molar-refractivity contribution in [3.63, 3.8) is 0 Å². The molecule has 1 fully saturated rings. The first-order chi connectivity index (χ1) is 8.15. The van der Waals surface area contributed by atoms with E-state index in [0.29, 0.717) is 6.04 Å². The molecule has 0 bridgehead atoms. The molecule has 0 saturated carbocycles. The van der Waals surface area contributed by atoms with Crippen molar-refractivity contribution in [2.45, 2.75) is 39.2 Å². The molecule has 1 aromatic rings. The first kappa shape index (κ1) is 12.4. The fourth-order valence-electron chi connectivity index (χ4n) is 2.73. The van der Waals surface area contributed by atoms with Crippen molar-refractivity contribution in [1.29, 1.82) is 0 Å². The van der Waals surface area contributed by atoms with Gasteiger partial charge in [0.15, 0.2) is 0 Å². The Morgan fingerprint density at radius 3 is 2.59 bits per heavy atom. The molecule has 2 rings (SSSR count). The predicted molar refractivity (Wildman–Crippen MR) is 74.0 cm³/mol. The van der Waals surface area contributed by atoms with E-state index in [1.807, 2.05) is 6.07 Å². The van der Waals surface area contributed by atoms with Crippen molar-refractivity contribution in [3.8, 4) is 0 Å². The Morgan fingerprint density at radius 1 is 1.29 bits per heavy atom. The average Bonchev–Trinajstić information content (AvgIpc) is 2.29. The summed E-state index contributed by atoms with van der Waals surface area (Å²) in [4.78, 5) is 2.58. The van der Waals surface area contributed by atoms with Crippen molar-refractivity contribution in [1.82, 2.24) is 4.90 Å². The molecule has 0 aliphatic carbocycles. The van der Waals surface area contributed by atoms with Gasteiger partial charge in [0, 0.05) is 11.7 Å². The molecule has 0 unspecified atom stereocenters. The van der Waals surface area contributed by atoms with Gasteiger partial charge in [-0.3, -0.25) is 0 Å². The Kier molecular flexibility index (Phi) is 4.06. The smallest absolute Gasteiger partial charge is 0.0316 e. The average molecular weight is 232 g/mol. The number of nitrogens with two attached hydrogens (primary N) is 1. The largest absolute Gasteiger partial charge is 0.399 e. The van der Waals surface area contributed by atoms with Crippen molar-refractivity contribution in [2.24, 2.45) is 5.92 Å². The predicted octanol–water partition coefficient (Wildman–Crippen LogP) is 2.93. The zero-order valence-corrected chi connectivity index (χ0v) is 11.0. The van der Waals surface area contributed by atoms with Gasteiger partial charge in [0.05, 0.1) is 0 Å². The second-order valence-corrected chi connectivity index (χ2v) is 5.52. The summed E-state index contributed by atoms with van der Waals surface area (Å²) in [5.41, 5.74) is 8.10. The normalized spacial score (nSPS) is 18.8. The van der Waals surface area contributed by atoms with E-state index in [0.717, 1.165) is 11.6 Å². The molecule has 2 N–H and O–H groups in total. The summed E-state index contributed by atoms with van der Waals surface area (Å²) >= 11 is 0. The van der Waals surface area contributed by atoms with Gasteiger partial charge in [-0.2, -0.15) is 0 Å². The van der Waals surface area contributed by atoms with Crippen LogP contribution in [0.2, 0.25) is 0 Å². The van der Waals surface area contributed by atoms with Crippen LogP contribution in [0.25, 0.3) is 0 Å². The van der Waals surface area contributed by atoms with Crippen LogP contribution >= 0.6 is 0 Å². The molecule has 0 atom stereocenters. The molecule has 17 heavy (non-hydrogen) atoms. The first-order valence-corrected chi connectivity index (χ1v) is 6.73. The third-order valence-corrected chi connectivity index (χ3v) is 3.85. The lowest BCUT2D eigenvalue weighted by atomic mass is 9.89. The third kappa shape index (κ3) is 3.47. The summed E-state index contributed by atoms with van der Waals surface area (Å²) in [5, 5.41) is 0. The van der Waals surface area contributed by atoms with Crippen LogP contribution in [0, 0.1) is 5.92 Å². The molecule has 1 aliphatic rings. The van der Waals surface area contributed by atoms with Crippen molar-refractivity contribution in [2.75, 3.05) is 18.8 Å². The number of nitrogens with zero attached hydrogens (tertiary/aromatic N) is 1. The molecule has 1 aromatic carbocycles. The van der Waals surface area contributed by atoms with E-state index in [2.05, 4.69) is 36.9 Å². The standard InChI is InChI=1S/C15H24N2/c1-12(2)17-8-6-13(7-9-17)10-14-4-3-5-15(16)11-14/h3-5,11-13H,6-10,16H2,1-2H3. The summed E-state index contributed by atoms with van der Waals surface area (Å²) in [5.74, 6) is 0.840. The maximum Gasteiger partial charge on any atom is 0.0316 e. The summed E-state index contributed by atoms with van der Waals surface area (Å²) < 4.78 is 0. The zero-order valence-electron chi connectivity index (χ0n) is 11.0. The Hall–Kier alpha value is -1.02. The molecule has 2 heteroatoms. The van der Waals surface area contributed by atoms with Crippen molar-refractivity contribution in [3.05, 3.63) is 29.8 Å². The Labute approximate surface area is 105 Å². The Morgan fingerprint density at radius 2 is 2.00 bits per heavy atom. The van der Waals surface area contributed by atoms with Crippen molar-refractivity contribution >= 4 is 5.69 Å². The number of hydrogen-bond donors (Lipinski definition) is 1. The molecule has 0 spiro atoms. The highest BCUT2D eigenvalue weighted by Crippen LogP contribution is 2.23. The van der Waals surface area contributed by atoms with E-state index in [9.17, 15) is 0 Å². The molecule has 0 radical (unpaired) electrons. The first-order valence-electron chi connectivity index (χ1n) is 6.73. The molecule has 0 amide bonds. The van der Waals surface area contributed by atoms with E-state index in [4.69, 9.17) is 5.73 Å². The summed E-state index contributed by atoms with van der Waals surface area (Å²) in [6.07, 6.45) is 3.84. The molecular formula is C15H24N2. The van der Waals surface area contributed by atoms with Gasteiger partial charge in [-0.1, -0.05) is 12.1 Å². The fourth-order valence-corrected chi connectivity index (χ4v) is 2.73. The summed E-state index contributed by atoms with van der Waals surface area (Å²) in [7, 11) is 0. The minimum Gasteiger partial charge on any atom is -0.399 e. The number of anilines is 1. The molecule has 0 aromatic heterocycles. The maximum absolute atomic E-state index is 5.82. The quantitative estimate of drug-likeness (QED) is 0.812. The van der Waals surface area contributed by atoms with Gasteiger partial charge in [0.1, 0.15) is 0 Å². The molecule has 1 saturated heterocycles. The van der Waals surface area contributed by atoms with E-state index < -0.39 is 0 Å². The van der Waals surface area contributed by atoms with Crippen LogP contribution < -0.4 is 5.73 Å². The summed E-state index contributed by atoms with van der Waals surface area (Å²) in [6.45, 7) is 7.09. The Bertz CT molecular complexity index is 352. The number of hydrogen-bond acceptors (Lipinski definition) is 2. The fraction of sp³-hybridized carbons (Fsp3) is 0.600. The minimum absolute atomic E-state index is 0.698. The van der Waals surface area contributed by atoms with Gasteiger partial charge < -0.3 is 10.6 Å². The number of piperidine rings is 1. The highest BCUT2D eigenvalue weighted by atomic mass is 15.1. The maximum atomic E-state index is 5.82. The van der Waals surface area contributed by atoms with Crippen LogP contribution in [0.3, 0.4) is 0 Å². The van der Waals surface area contributed by atoms with Gasteiger partial charge >= 0.3 is 0 Å². The number of rotatable bonds is 3. The van der Waals surface area contributed by atoms with Crippen LogP contribution in [-0.4, -0.2) is 24.0 Å². The number of likely N-dealkylation sites (tertiary alicyclic amines) is 1. The van der Waals surface area contributed by atoms with Crippen LogP contribution in [0.4, 0.5) is 5.69 Å². The lowest BCUT2D eigenvalue weighted by molar-refractivity contribution is 0.149. The van der Waals surface area contributed by atoms with Gasteiger partial charge in [-0.05, 0) is 69.8 Å². The highest BCUT2D eigenvalue weighted by Gasteiger charge is 2.20. The van der Waals surface area contributed by atoms with E-state index in [-0.39, 0.29) is 0 Å². The topological polar surface area (TPSA) is 29.3 Å². The highest BCUT2D eigenvalue weighted by molar-refractivity contribution is 5.40. The Balaban J connectivity index is 1.86. The zero-order chi connectivity index (χ0) is 12.3. The summed E-state index contributed by atoms with van der Waals surface area (Å²) in [6, 6.07) is 9.04. The van der Waals surface area contributed by atoms with Gasteiger partial charge in [0.2, 0.25) is 0 Å². The van der Waals surface area contributed by atoms with Gasteiger partial charge in [0.25, 0.3) is 0 Å². The third-order valence-electron chi connectivity index (χ3n) is 3.85. The van der Waals surface area contributed by atoms with Gasteiger partial charge in [-0.15, -0.1) is 0 Å². The molecule has 1 aliphatic heterocycles. The lowest BCUT2D eigenvalue weighted by Crippen LogP contribution is -2.38. The van der Waals surface area contributed by atoms with Crippen LogP contribution in [-0.2, 0) is 6.42 Å². The van der Waals surface area contributed by atoms with Crippen LogP contribution in [0.15, 0.2) is 24.3 Å². The molecular weight excluding hydrogens is 208 g/mol. The SMILES string of the molecule is CC(C)N1CCC(Cc2cccc(N)c2)CC1. The second kappa shape index (κ2) is 5.54. The van der Waals surface area contributed by atoms with Crippen LogP contribution in [0.1, 0.15) is 32.3 Å². The number of nitrogen functional groups attached to an aromatic ring is 1. The van der Waals surface area contributed by atoms with Crippen molar-refractivity contribution < 1.29 is 0 Å². The molecule has 1 heterocycles. The monoisotopic (exact) mass is 232 g/mol. The lowest BCUT2D eigenvalue weighted by Gasteiger charge is -2.34. The van der Waals surface area contributed by atoms with E-state index in [1.54, 1.807) is 0 Å². The van der Waals surface area contributed by atoms with E-state index in [1.165, 1.54) is 37.9 Å². The van der Waals surface area contributed by atoms with Crippen LogP contribution in [0.5, 0.6) is 0 Å². The van der Waals surface area contributed by atoms with E-state index >= 15 is 0 Å². The second-order valence-electron chi connectivity index (χ2n) is 5.52. The minimum atomic E-state index is 0.698. The molecule has 2 nitrogen and oxygen atoms in total. The number of benzene rings is 1.